The van der Waals surface area contributed by atoms with Gasteiger partial charge in [0.1, 0.15) is 6.67 Å². The quantitative estimate of drug-likeness (QED) is 0.803. The number of piperidine rings is 1. The van der Waals surface area contributed by atoms with Gasteiger partial charge in [0.05, 0.1) is 0 Å². The standard InChI is InChI=1S/C13H18FN/c14-9-12-5-3-11(4-6-12)8-13-2-1-7-15-10-13/h3-6,13,15H,1-2,7-10H2. The lowest BCUT2D eigenvalue weighted by Crippen LogP contribution is -2.30. The van der Waals surface area contributed by atoms with Crippen LogP contribution in [0.1, 0.15) is 24.0 Å². The monoisotopic (exact) mass is 207 g/mol. The van der Waals surface area contributed by atoms with E-state index in [4.69, 9.17) is 0 Å². The lowest BCUT2D eigenvalue weighted by molar-refractivity contribution is 0.376. The summed E-state index contributed by atoms with van der Waals surface area (Å²) in [6.07, 6.45) is 3.73. The molecule has 1 aromatic rings. The minimum Gasteiger partial charge on any atom is -0.316 e. The molecule has 0 saturated carbocycles. The molecule has 1 heterocycles. The van der Waals surface area contributed by atoms with Crippen LogP contribution in [0, 0.1) is 5.92 Å². The molecule has 0 aliphatic carbocycles. The smallest absolute Gasteiger partial charge is 0.115 e. The molecule has 1 saturated heterocycles. The molecule has 2 rings (SSSR count). The SMILES string of the molecule is FCc1ccc(CC2CCCNC2)cc1. The highest BCUT2D eigenvalue weighted by Gasteiger charge is 2.12. The maximum absolute atomic E-state index is 12.3. The fraction of sp³-hybridized carbons (Fsp3) is 0.538. The van der Waals surface area contributed by atoms with Crippen molar-refractivity contribution < 1.29 is 4.39 Å². The molecule has 1 aliphatic rings. The zero-order chi connectivity index (χ0) is 10.5. The summed E-state index contributed by atoms with van der Waals surface area (Å²) in [5.74, 6) is 0.759. The van der Waals surface area contributed by atoms with Gasteiger partial charge in [0.15, 0.2) is 0 Å². The van der Waals surface area contributed by atoms with Crippen LogP contribution in [-0.2, 0) is 13.1 Å². The molecular weight excluding hydrogens is 189 g/mol. The van der Waals surface area contributed by atoms with E-state index in [2.05, 4.69) is 17.4 Å². The average Bonchev–Trinajstić information content (AvgIpc) is 2.31. The van der Waals surface area contributed by atoms with E-state index < -0.39 is 0 Å². The third-order valence-electron chi connectivity index (χ3n) is 3.10. The van der Waals surface area contributed by atoms with Crippen LogP contribution in [0.4, 0.5) is 4.39 Å². The number of benzene rings is 1. The number of hydrogen-bond acceptors (Lipinski definition) is 1. The molecule has 0 amide bonds. The molecular formula is C13H18FN. The first kappa shape index (κ1) is 10.6. The predicted molar refractivity (Wildman–Crippen MR) is 60.6 cm³/mol. The van der Waals surface area contributed by atoms with Crippen molar-refractivity contribution in [3.63, 3.8) is 0 Å². The van der Waals surface area contributed by atoms with Crippen LogP contribution in [0.25, 0.3) is 0 Å². The second-order valence-corrected chi connectivity index (χ2v) is 4.37. The van der Waals surface area contributed by atoms with Crippen LogP contribution >= 0.6 is 0 Å². The first-order valence-corrected chi connectivity index (χ1v) is 5.73. The molecule has 2 heteroatoms. The lowest BCUT2D eigenvalue weighted by atomic mass is 9.92. The number of hydrogen-bond donors (Lipinski definition) is 1. The highest BCUT2D eigenvalue weighted by atomic mass is 19.1. The molecule has 82 valence electrons. The molecule has 0 bridgehead atoms. The largest absolute Gasteiger partial charge is 0.316 e. The van der Waals surface area contributed by atoms with Crippen molar-refractivity contribution in [3.05, 3.63) is 35.4 Å². The van der Waals surface area contributed by atoms with Gasteiger partial charge in [-0.1, -0.05) is 24.3 Å². The summed E-state index contributed by atoms with van der Waals surface area (Å²) in [7, 11) is 0. The molecule has 1 aromatic carbocycles. The Kier molecular flexibility index (Phi) is 3.73. The summed E-state index contributed by atoms with van der Waals surface area (Å²) in [6.45, 7) is 1.94. The number of halogens is 1. The first-order chi connectivity index (χ1) is 7.38. The van der Waals surface area contributed by atoms with Crippen LogP contribution in [-0.4, -0.2) is 13.1 Å². The van der Waals surface area contributed by atoms with Gasteiger partial charge in [-0.2, -0.15) is 0 Å². The molecule has 1 unspecified atom stereocenters. The maximum atomic E-state index is 12.3. The summed E-state index contributed by atoms with van der Waals surface area (Å²) < 4.78 is 12.3. The van der Waals surface area contributed by atoms with E-state index in [1.165, 1.54) is 18.4 Å². The van der Waals surface area contributed by atoms with Crippen LogP contribution in [0.5, 0.6) is 0 Å². The number of nitrogens with one attached hydrogen (secondary N) is 1. The van der Waals surface area contributed by atoms with E-state index in [0.717, 1.165) is 31.0 Å². The highest BCUT2D eigenvalue weighted by molar-refractivity contribution is 5.22. The molecule has 15 heavy (non-hydrogen) atoms. The fourth-order valence-electron chi connectivity index (χ4n) is 2.20. The van der Waals surface area contributed by atoms with Crippen LogP contribution in [0.15, 0.2) is 24.3 Å². The van der Waals surface area contributed by atoms with Crippen molar-refractivity contribution >= 4 is 0 Å². The van der Waals surface area contributed by atoms with Gasteiger partial charge >= 0.3 is 0 Å². The molecule has 0 spiro atoms. The van der Waals surface area contributed by atoms with E-state index in [1.807, 2.05) is 12.1 Å². The Morgan fingerprint density at radius 1 is 1.20 bits per heavy atom. The van der Waals surface area contributed by atoms with Gasteiger partial charge in [0.2, 0.25) is 0 Å². The molecule has 1 atom stereocenters. The van der Waals surface area contributed by atoms with Crippen molar-refractivity contribution in [2.45, 2.75) is 25.9 Å². The topological polar surface area (TPSA) is 12.0 Å². The lowest BCUT2D eigenvalue weighted by Gasteiger charge is -2.22. The third-order valence-corrected chi connectivity index (χ3v) is 3.10. The highest BCUT2D eigenvalue weighted by Crippen LogP contribution is 2.16. The molecule has 0 aromatic heterocycles. The van der Waals surface area contributed by atoms with E-state index in [1.54, 1.807) is 0 Å². The van der Waals surface area contributed by atoms with E-state index in [9.17, 15) is 4.39 Å². The second kappa shape index (κ2) is 5.26. The van der Waals surface area contributed by atoms with Gasteiger partial charge in [-0.25, -0.2) is 4.39 Å². The van der Waals surface area contributed by atoms with Crippen LogP contribution in [0.3, 0.4) is 0 Å². The van der Waals surface area contributed by atoms with Crippen molar-refractivity contribution in [3.8, 4) is 0 Å². The average molecular weight is 207 g/mol. The Morgan fingerprint density at radius 3 is 2.53 bits per heavy atom. The summed E-state index contributed by atoms with van der Waals surface area (Å²) in [6, 6.07) is 7.91. The Hall–Kier alpha value is -0.890. The Labute approximate surface area is 90.7 Å². The van der Waals surface area contributed by atoms with Gasteiger partial charge in [-0.3, -0.25) is 0 Å². The predicted octanol–water partition coefficient (Wildman–Crippen LogP) is 2.70. The Balaban J connectivity index is 1.91. The summed E-state index contributed by atoms with van der Waals surface area (Å²) in [5, 5.41) is 3.42. The molecule has 1 N–H and O–H groups in total. The zero-order valence-corrected chi connectivity index (χ0v) is 9.01. The molecule has 0 radical (unpaired) electrons. The Bertz CT molecular complexity index is 288. The summed E-state index contributed by atoms with van der Waals surface area (Å²) >= 11 is 0. The normalized spacial score (nSPS) is 21.5. The van der Waals surface area contributed by atoms with E-state index in [0.29, 0.717) is 0 Å². The van der Waals surface area contributed by atoms with Gasteiger partial charge in [-0.15, -0.1) is 0 Å². The summed E-state index contributed by atoms with van der Waals surface area (Å²) in [4.78, 5) is 0. The fourth-order valence-corrected chi connectivity index (χ4v) is 2.20. The van der Waals surface area contributed by atoms with Crippen LogP contribution in [0.2, 0.25) is 0 Å². The maximum Gasteiger partial charge on any atom is 0.115 e. The zero-order valence-electron chi connectivity index (χ0n) is 9.01. The van der Waals surface area contributed by atoms with Gasteiger partial charge in [0.25, 0.3) is 0 Å². The van der Waals surface area contributed by atoms with E-state index >= 15 is 0 Å². The third kappa shape index (κ3) is 3.03. The summed E-state index contributed by atoms with van der Waals surface area (Å²) in [5.41, 5.74) is 2.11. The number of rotatable bonds is 3. The van der Waals surface area contributed by atoms with Gasteiger partial charge < -0.3 is 5.32 Å². The first-order valence-electron chi connectivity index (χ1n) is 5.73. The van der Waals surface area contributed by atoms with Crippen molar-refractivity contribution in [2.75, 3.05) is 13.1 Å². The molecule has 1 aliphatic heterocycles. The van der Waals surface area contributed by atoms with Gasteiger partial charge in [-0.05, 0) is 49.4 Å². The van der Waals surface area contributed by atoms with Crippen molar-refractivity contribution in [1.82, 2.24) is 5.32 Å². The van der Waals surface area contributed by atoms with E-state index in [-0.39, 0.29) is 6.67 Å². The van der Waals surface area contributed by atoms with Crippen LogP contribution < -0.4 is 5.32 Å². The Morgan fingerprint density at radius 2 is 1.93 bits per heavy atom. The second-order valence-electron chi connectivity index (χ2n) is 4.37. The minimum absolute atomic E-state index is 0.356. The van der Waals surface area contributed by atoms with Gasteiger partial charge in [0, 0.05) is 0 Å². The van der Waals surface area contributed by atoms with Crippen molar-refractivity contribution in [1.29, 1.82) is 0 Å². The molecule has 1 fully saturated rings. The minimum atomic E-state index is -0.356. The van der Waals surface area contributed by atoms with Crippen molar-refractivity contribution in [2.24, 2.45) is 5.92 Å². The number of alkyl halides is 1. The molecule has 1 nitrogen and oxygen atoms in total.